The Bertz CT molecular complexity index is 2970. The van der Waals surface area contributed by atoms with Crippen molar-refractivity contribution in [2.24, 2.45) is 0 Å². The van der Waals surface area contributed by atoms with E-state index in [1.54, 1.807) is 48.5 Å². The van der Waals surface area contributed by atoms with E-state index in [0.717, 1.165) is 0 Å². The number of nitrogens with zero attached hydrogens (tertiary/aromatic N) is 2. The average molecular weight is 907 g/mol. The molecule has 0 saturated heterocycles. The summed E-state index contributed by atoms with van der Waals surface area (Å²) in [4.78, 5) is 69.1. The molecule has 0 atom stereocenters. The highest BCUT2D eigenvalue weighted by Gasteiger charge is 2.23. The molecule has 0 aliphatic carbocycles. The molecule has 0 radical (unpaired) electrons. The summed E-state index contributed by atoms with van der Waals surface area (Å²) in [5, 5.41) is 11.4. The molecule has 2 aliphatic heterocycles. The highest BCUT2D eigenvalue weighted by atomic mass is 16.5. The number of anilines is 4. The lowest BCUT2D eigenvalue weighted by atomic mass is 10.0. The topological polar surface area (TPSA) is 211 Å². The number of fused-ring (bicyclic) bond motifs is 8. The molecule has 2 aliphatic rings. The van der Waals surface area contributed by atoms with Crippen LogP contribution >= 0.6 is 0 Å². The molecule has 16 nitrogen and oxygen atoms in total. The summed E-state index contributed by atoms with van der Waals surface area (Å²) in [6.45, 7) is 0. The lowest BCUT2D eigenvalue weighted by Crippen LogP contribution is -2.12. The first-order valence-electron chi connectivity index (χ1n) is 21.1. The van der Waals surface area contributed by atoms with Gasteiger partial charge in [-0.05, 0) is 72.8 Å². The Labute approximate surface area is 388 Å². The van der Waals surface area contributed by atoms with E-state index in [2.05, 4.69) is 31.2 Å². The normalized spacial score (nSPS) is 11.4. The van der Waals surface area contributed by atoms with Crippen LogP contribution in [0.5, 0.6) is 0 Å². The van der Waals surface area contributed by atoms with Crippen LogP contribution in [0, 0.1) is 0 Å². The Morgan fingerprint density at radius 2 is 0.574 bits per heavy atom. The van der Waals surface area contributed by atoms with Gasteiger partial charge >= 0.3 is 24.4 Å². The number of para-hydroxylation sites is 4. The Morgan fingerprint density at radius 3 is 0.794 bits per heavy atom. The van der Waals surface area contributed by atoms with Crippen molar-refractivity contribution >= 4 is 93.5 Å². The molecule has 6 N–H and O–H groups in total. The summed E-state index contributed by atoms with van der Waals surface area (Å²) in [5.41, 5.74) is 11.4. The van der Waals surface area contributed by atoms with Crippen molar-refractivity contribution in [3.05, 3.63) is 144 Å². The van der Waals surface area contributed by atoms with E-state index in [-0.39, 0.29) is 0 Å². The molecule has 338 valence electrons. The van der Waals surface area contributed by atoms with Crippen molar-refractivity contribution in [1.29, 1.82) is 0 Å². The zero-order valence-electron chi connectivity index (χ0n) is 37.0. The van der Waals surface area contributed by atoms with Gasteiger partial charge in [0.2, 0.25) is 0 Å². The van der Waals surface area contributed by atoms with Gasteiger partial charge in [-0.2, -0.15) is 0 Å². The standard InChI is InChI=1S/C52H42N8O8/c1-65-49(61)57-33-17-9-5-13-29(33)45-37-21-23-39(53-37)46(30-14-6-10-18-34(30)58-50(62)66-2)41-25-27-43(55-41)48(32-16-8-12-20-36(32)60-52(64)68-4)44-28-26-42(56-44)47(40-24-22-38(45)54-40)31-15-7-11-19-35(31)59-51(63)67-3/h5-28,53,56H,1-4H3,(H,57,61)(H,58,62)(H,59,63)(H,60,64). The van der Waals surface area contributed by atoms with E-state index in [0.29, 0.717) is 112 Å². The van der Waals surface area contributed by atoms with Gasteiger partial charge in [0.05, 0.1) is 74.0 Å². The van der Waals surface area contributed by atoms with E-state index in [1.165, 1.54) is 28.4 Å². The molecule has 4 amide bonds. The first kappa shape index (κ1) is 43.8. The largest absolute Gasteiger partial charge is 0.453 e. The van der Waals surface area contributed by atoms with Crippen LogP contribution in [0.2, 0.25) is 0 Å². The molecular formula is C52H42N8O8. The van der Waals surface area contributed by atoms with Crippen molar-refractivity contribution < 1.29 is 38.1 Å². The van der Waals surface area contributed by atoms with E-state index in [9.17, 15) is 19.2 Å². The molecular weight excluding hydrogens is 865 g/mol. The molecule has 3 aromatic heterocycles. The Hall–Kier alpha value is -9.44. The molecule has 4 aromatic carbocycles. The third kappa shape index (κ3) is 8.59. The first-order valence-corrected chi connectivity index (χ1v) is 21.1. The van der Waals surface area contributed by atoms with E-state index < -0.39 is 24.4 Å². The second kappa shape index (κ2) is 19.0. The van der Waals surface area contributed by atoms with Crippen LogP contribution in [0.1, 0.15) is 22.8 Å². The summed E-state index contributed by atoms with van der Waals surface area (Å²) in [7, 11) is 5.17. The van der Waals surface area contributed by atoms with Gasteiger partial charge in [0.15, 0.2) is 0 Å². The van der Waals surface area contributed by atoms with Crippen LogP contribution in [0.25, 0.3) is 90.9 Å². The SMILES string of the molecule is COC(=O)Nc1ccccc1-c1c2nc(c(-c3ccccc3NC(=O)OC)c3ccc([nH]3)c(-c3ccccc3NC(=O)OC)c3nc(c(-c4ccccc4NC(=O)OC)c4ccc1[nH]4)C=C3)C=C2. The summed E-state index contributed by atoms with van der Waals surface area (Å²) < 4.78 is 20.1. The number of rotatable bonds is 8. The number of amides is 4. The number of hydrogen-bond acceptors (Lipinski definition) is 10. The quantitative estimate of drug-likeness (QED) is 0.0794. The van der Waals surface area contributed by atoms with Crippen LogP contribution < -0.4 is 21.3 Å². The van der Waals surface area contributed by atoms with Crippen molar-refractivity contribution in [2.45, 2.75) is 0 Å². The van der Waals surface area contributed by atoms with Crippen LogP contribution in [0.15, 0.2) is 121 Å². The number of carbonyl (C=O) groups is 4. The molecule has 9 rings (SSSR count). The molecule has 16 heteroatoms. The fraction of sp³-hybridized carbons (Fsp3) is 0.0769. The number of aromatic nitrogens is 4. The number of benzene rings is 4. The average Bonchev–Trinajstić information content (AvgIpc) is 4.22. The minimum absolute atomic E-state index is 0.458. The van der Waals surface area contributed by atoms with Gasteiger partial charge in [0, 0.05) is 66.6 Å². The second-order valence-electron chi connectivity index (χ2n) is 15.2. The van der Waals surface area contributed by atoms with Crippen LogP contribution in [0.4, 0.5) is 41.9 Å². The van der Waals surface area contributed by atoms with Crippen molar-refractivity contribution in [3.63, 3.8) is 0 Å². The fourth-order valence-electron chi connectivity index (χ4n) is 8.22. The minimum atomic E-state index is -0.661. The van der Waals surface area contributed by atoms with Gasteiger partial charge in [-0.15, -0.1) is 0 Å². The third-order valence-electron chi connectivity index (χ3n) is 11.2. The zero-order valence-corrected chi connectivity index (χ0v) is 37.0. The smallest absolute Gasteiger partial charge is 0.411 e. The molecule has 8 bridgehead atoms. The van der Waals surface area contributed by atoms with Crippen LogP contribution in [-0.4, -0.2) is 72.7 Å². The Morgan fingerprint density at radius 1 is 0.353 bits per heavy atom. The van der Waals surface area contributed by atoms with Crippen LogP contribution in [0.3, 0.4) is 0 Å². The molecule has 0 spiro atoms. The Balaban J connectivity index is 1.48. The van der Waals surface area contributed by atoms with E-state index in [4.69, 9.17) is 28.9 Å². The molecule has 7 aromatic rings. The monoisotopic (exact) mass is 906 g/mol. The van der Waals surface area contributed by atoms with Gasteiger partial charge in [0.25, 0.3) is 0 Å². The zero-order chi connectivity index (χ0) is 47.3. The summed E-state index contributed by atoms with van der Waals surface area (Å²) >= 11 is 0. The first-order chi connectivity index (χ1) is 33.2. The number of carbonyl (C=O) groups excluding carboxylic acids is 4. The molecule has 5 heterocycles. The van der Waals surface area contributed by atoms with Gasteiger partial charge in [-0.3, -0.25) is 21.3 Å². The maximum absolute atomic E-state index is 12.8. The third-order valence-corrected chi connectivity index (χ3v) is 11.2. The summed E-state index contributed by atoms with van der Waals surface area (Å²) in [6.07, 6.45) is 4.89. The van der Waals surface area contributed by atoms with Gasteiger partial charge in [0.1, 0.15) is 0 Å². The van der Waals surface area contributed by atoms with Gasteiger partial charge in [-0.1, -0.05) is 72.8 Å². The van der Waals surface area contributed by atoms with Crippen molar-refractivity contribution in [3.8, 4) is 44.5 Å². The van der Waals surface area contributed by atoms with Crippen LogP contribution in [-0.2, 0) is 18.9 Å². The predicted molar refractivity (Wildman–Crippen MR) is 265 cm³/mol. The fourth-order valence-corrected chi connectivity index (χ4v) is 8.22. The highest BCUT2D eigenvalue weighted by Crippen LogP contribution is 2.43. The minimum Gasteiger partial charge on any atom is -0.453 e. The highest BCUT2D eigenvalue weighted by molar-refractivity contribution is 6.06. The second-order valence-corrected chi connectivity index (χ2v) is 15.2. The molecule has 0 unspecified atom stereocenters. The molecule has 0 fully saturated rings. The lowest BCUT2D eigenvalue weighted by molar-refractivity contribution is 0.186. The predicted octanol–water partition coefficient (Wildman–Crippen LogP) is 12.0. The number of hydrogen-bond donors (Lipinski definition) is 6. The van der Waals surface area contributed by atoms with Gasteiger partial charge < -0.3 is 28.9 Å². The number of methoxy groups -OCH3 is 4. The van der Waals surface area contributed by atoms with Crippen molar-refractivity contribution in [2.75, 3.05) is 49.7 Å². The number of ether oxygens (including phenoxy) is 4. The number of nitrogens with one attached hydrogen (secondary N) is 6. The molecule has 0 saturated carbocycles. The van der Waals surface area contributed by atoms with Gasteiger partial charge in [-0.25, -0.2) is 29.1 Å². The number of aromatic amines is 2. The maximum atomic E-state index is 12.8. The summed E-state index contributed by atoms with van der Waals surface area (Å²) in [5.74, 6) is 0. The maximum Gasteiger partial charge on any atom is 0.411 e. The molecule has 68 heavy (non-hydrogen) atoms. The Kier molecular flexibility index (Phi) is 12.2. The van der Waals surface area contributed by atoms with E-state index >= 15 is 0 Å². The van der Waals surface area contributed by atoms with Crippen molar-refractivity contribution in [1.82, 2.24) is 19.9 Å². The van der Waals surface area contributed by atoms with E-state index in [1.807, 2.05) is 97.1 Å². The number of H-pyrrole nitrogens is 2. The summed E-state index contributed by atoms with van der Waals surface area (Å²) in [6, 6.07) is 36.9. The lowest BCUT2D eigenvalue weighted by Gasteiger charge is -2.13.